The van der Waals surface area contributed by atoms with E-state index in [4.69, 9.17) is 12.2 Å². The van der Waals surface area contributed by atoms with Gasteiger partial charge in [0.2, 0.25) is 0 Å². The quantitative estimate of drug-likeness (QED) is 0.192. The maximum Gasteiger partial charge on any atom is 0.270 e. The second kappa shape index (κ2) is 15.0. The molecule has 2 saturated heterocycles. The molecule has 0 radical (unpaired) electrons. The number of para-hydroxylation sites is 1. The third kappa shape index (κ3) is 7.15. The highest BCUT2D eigenvalue weighted by Crippen LogP contribution is 2.37. The normalized spacial score (nSPS) is 17.2. The van der Waals surface area contributed by atoms with Crippen molar-refractivity contribution in [1.29, 1.82) is 5.26 Å². The predicted molar refractivity (Wildman–Crippen MR) is 179 cm³/mol. The number of aromatic nitrogens is 1. The van der Waals surface area contributed by atoms with Gasteiger partial charge in [-0.3, -0.25) is 19.1 Å². The van der Waals surface area contributed by atoms with Crippen LogP contribution in [0.5, 0.6) is 0 Å². The summed E-state index contributed by atoms with van der Waals surface area (Å²) < 4.78 is 16.8. The minimum absolute atomic E-state index is 0.0946. The van der Waals surface area contributed by atoms with Crippen LogP contribution < -0.4 is 15.4 Å². The summed E-state index contributed by atoms with van der Waals surface area (Å²) in [5.41, 5.74) is 1.61. The first kappa shape index (κ1) is 32.7. The van der Waals surface area contributed by atoms with Crippen LogP contribution in [-0.4, -0.2) is 52.4 Å². The van der Waals surface area contributed by atoms with Crippen molar-refractivity contribution < 1.29 is 9.18 Å². The van der Waals surface area contributed by atoms with Gasteiger partial charge in [0.05, 0.1) is 10.6 Å². The van der Waals surface area contributed by atoms with Crippen molar-refractivity contribution in [2.45, 2.75) is 72.8 Å². The number of pyridine rings is 1. The van der Waals surface area contributed by atoms with Crippen LogP contribution in [0.2, 0.25) is 0 Å². The third-order valence-electron chi connectivity index (χ3n) is 8.49. The number of rotatable bonds is 12. The SMILES string of the molecule is CCCCC(CC)CN1C(=O)C(=Cc2c(C)c(C#N)c(=O)n(CCCC)c2N2CCN(c3ccccc3F)CC2)SC1=S. The number of amides is 1. The molecule has 2 aromatic rings. The van der Waals surface area contributed by atoms with E-state index >= 15 is 0 Å². The molecule has 230 valence electrons. The Balaban J connectivity index is 1.74. The largest absolute Gasteiger partial charge is 0.366 e. The number of nitrogens with zero attached hydrogens (tertiary/aromatic N) is 5. The molecule has 43 heavy (non-hydrogen) atoms. The Morgan fingerprint density at radius 1 is 1.07 bits per heavy atom. The zero-order valence-electron chi connectivity index (χ0n) is 25.7. The lowest BCUT2D eigenvalue weighted by Crippen LogP contribution is -2.49. The summed E-state index contributed by atoms with van der Waals surface area (Å²) in [4.78, 5) is 33.8. The molecule has 3 heterocycles. The molecular weight excluding hydrogens is 582 g/mol. The van der Waals surface area contributed by atoms with Crippen molar-refractivity contribution in [1.82, 2.24) is 9.47 Å². The first-order chi connectivity index (χ1) is 20.7. The van der Waals surface area contributed by atoms with E-state index in [1.165, 1.54) is 17.8 Å². The summed E-state index contributed by atoms with van der Waals surface area (Å²) in [6.07, 6.45) is 7.75. The topological polar surface area (TPSA) is 72.6 Å². The van der Waals surface area contributed by atoms with Crippen molar-refractivity contribution in [3.05, 3.63) is 62.0 Å². The summed E-state index contributed by atoms with van der Waals surface area (Å²) in [5, 5.41) is 10.0. The van der Waals surface area contributed by atoms with E-state index in [2.05, 4.69) is 31.7 Å². The lowest BCUT2D eigenvalue weighted by molar-refractivity contribution is -0.122. The minimum Gasteiger partial charge on any atom is -0.366 e. The van der Waals surface area contributed by atoms with Crippen molar-refractivity contribution in [3.63, 3.8) is 0 Å². The highest BCUT2D eigenvalue weighted by Gasteiger charge is 2.35. The first-order valence-electron chi connectivity index (χ1n) is 15.4. The fourth-order valence-corrected chi connectivity index (χ4v) is 7.10. The number of unbranched alkanes of at least 4 members (excludes halogenated alkanes) is 2. The van der Waals surface area contributed by atoms with Crippen LogP contribution in [0.15, 0.2) is 34.0 Å². The van der Waals surface area contributed by atoms with Gasteiger partial charge >= 0.3 is 0 Å². The highest BCUT2D eigenvalue weighted by atomic mass is 32.2. The molecule has 7 nitrogen and oxygen atoms in total. The Labute approximate surface area is 264 Å². The van der Waals surface area contributed by atoms with E-state index in [9.17, 15) is 19.2 Å². The van der Waals surface area contributed by atoms with Gasteiger partial charge in [-0.05, 0) is 49.5 Å². The molecule has 2 aliphatic rings. The molecule has 2 fully saturated rings. The Morgan fingerprint density at radius 3 is 2.37 bits per heavy atom. The van der Waals surface area contributed by atoms with E-state index in [-0.39, 0.29) is 22.8 Å². The van der Waals surface area contributed by atoms with Gasteiger partial charge in [0, 0.05) is 44.8 Å². The van der Waals surface area contributed by atoms with E-state index in [1.807, 2.05) is 17.0 Å². The van der Waals surface area contributed by atoms with Crippen LogP contribution >= 0.6 is 24.0 Å². The van der Waals surface area contributed by atoms with Crippen LogP contribution in [0.1, 0.15) is 76.0 Å². The molecule has 0 saturated carbocycles. The third-order valence-corrected chi connectivity index (χ3v) is 9.86. The average molecular weight is 624 g/mol. The molecule has 0 N–H and O–H groups in total. The number of thioether (sulfide) groups is 1. The standard InChI is InChI=1S/C33H42FN5O2S2/c1-5-8-12-24(7-3)22-39-32(41)29(43-33(39)42)20-25-23(4)26(21-35)31(40)38(15-9-6-2)30(25)37-18-16-36(17-19-37)28-14-11-10-13-27(28)34/h10-11,13-14,20,24H,5-9,12,15-19,22H2,1-4H3. The molecule has 1 aromatic heterocycles. The molecular formula is C33H42FN5O2S2. The van der Waals surface area contributed by atoms with Gasteiger partial charge in [0.15, 0.2) is 0 Å². The second-order valence-corrected chi connectivity index (χ2v) is 13.0. The molecule has 0 bridgehead atoms. The average Bonchev–Trinajstić information content (AvgIpc) is 3.27. The van der Waals surface area contributed by atoms with Crippen molar-refractivity contribution in [2.75, 3.05) is 42.5 Å². The van der Waals surface area contributed by atoms with Crippen LogP contribution in [0.25, 0.3) is 6.08 Å². The summed E-state index contributed by atoms with van der Waals surface area (Å²) in [6, 6.07) is 8.90. The Kier molecular flexibility index (Phi) is 11.4. The van der Waals surface area contributed by atoms with E-state index < -0.39 is 0 Å². The summed E-state index contributed by atoms with van der Waals surface area (Å²) in [7, 11) is 0. The fraction of sp³-hybridized carbons (Fsp3) is 0.515. The van der Waals surface area contributed by atoms with E-state index in [0.717, 1.165) is 38.5 Å². The Morgan fingerprint density at radius 2 is 1.74 bits per heavy atom. The van der Waals surface area contributed by atoms with Gasteiger partial charge in [0.1, 0.15) is 27.6 Å². The van der Waals surface area contributed by atoms with Crippen molar-refractivity contribution in [2.24, 2.45) is 5.92 Å². The number of hydrogen-bond acceptors (Lipinski definition) is 7. The first-order valence-corrected chi connectivity index (χ1v) is 16.6. The number of nitriles is 1. The molecule has 4 rings (SSSR count). The number of halogens is 1. The predicted octanol–water partition coefficient (Wildman–Crippen LogP) is 6.71. The van der Waals surface area contributed by atoms with Gasteiger partial charge in [-0.2, -0.15) is 5.26 Å². The maximum absolute atomic E-state index is 14.6. The number of piperazine rings is 1. The van der Waals surface area contributed by atoms with Crippen molar-refractivity contribution >= 4 is 51.8 Å². The lowest BCUT2D eigenvalue weighted by Gasteiger charge is -2.39. The van der Waals surface area contributed by atoms with Gasteiger partial charge in [-0.1, -0.05) is 82.6 Å². The zero-order valence-corrected chi connectivity index (χ0v) is 27.3. The zero-order chi connectivity index (χ0) is 31.1. The smallest absolute Gasteiger partial charge is 0.270 e. The monoisotopic (exact) mass is 623 g/mol. The second-order valence-electron chi connectivity index (χ2n) is 11.3. The molecule has 1 amide bonds. The number of anilines is 2. The van der Waals surface area contributed by atoms with E-state index in [1.54, 1.807) is 28.5 Å². The Hall–Kier alpha value is -3.16. The summed E-state index contributed by atoms with van der Waals surface area (Å²) in [5.74, 6) is 0.714. The van der Waals surface area contributed by atoms with Crippen LogP contribution in [0.3, 0.4) is 0 Å². The van der Waals surface area contributed by atoms with Gasteiger partial charge in [-0.25, -0.2) is 4.39 Å². The maximum atomic E-state index is 14.6. The molecule has 10 heteroatoms. The molecule has 1 aromatic carbocycles. The number of carbonyl (C=O) groups excluding carboxylic acids is 1. The van der Waals surface area contributed by atoms with Crippen LogP contribution in [-0.2, 0) is 11.3 Å². The van der Waals surface area contributed by atoms with E-state index in [0.29, 0.717) is 77.0 Å². The molecule has 0 spiro atoms. The van der Waals surface area contributed by atoms with Gasteiger partial charge in [-0.15, -0.1) is 0 Å². The van der Waals surface area contributed by atoms with Crippen LogP contribution in [0.4, 0.5) is 15.9 Å². The van der Waals surface area contributed by atoms with Crippen molar-refractivity contribution in [3.8, 4) is 6.07 Å². The highest BCUT2D eigenvalue weighted by molar-refractivity contribution is 8.26. The Bertz CT molecular complexity index is 1470. The summed E-state index contributed by atoms with van der Waals surface area (Å²) in [6.45, 7) is 11.5. The number of benzene rings is 1. The molecule has 1 atom stereocenters. The number of carbonyl (C=O) groups is 1. The summed E-state index contributed by atoms with van der Waals surface area (Å²) >= 11 is 6.96. The molecule has 2 aliphatic heterocycles. The van der Waals surface area contributed by atoms with Gasteiger partial charge < -0.3 is 9.80 Å². The minimum atomic E-state index is -0.314. The number of thiocarbonyl (C=S) groups is 1. The lowest BCUT2D eigenvalue weighted by atomic mass is 9.99. The van der Waals surface area contributed by atoms with Crippen LogP contribution in [0, 0.1) is 30.0 Å². The molecule has 1 unspecified atom stereocenters. The molecule has 0 aliphatic carbocycles. The fourth-order valence-electron chi connectivity index (χ4n) is 5.84. The van der Waals surface area contributed by atoms with Gasteiger partial charge in [0.25, 0.3) is 11.5 Å². The number of hydrogen-bond donors (Lipinski definition) is 0.